The van der Waals surface area contributed by atoms with Gasteiger partial charge in [0.1, 0.15) is 22.6 Å². The lowest BCUT2D eigenvalue weighted by Gasteiger charge is -2.35. The zero-order valence-corrected chi connectivity index (χ0v) is 18.7. The van der Waals surface area contributed by atoms with Crippen LogP contribution in [0.4, 0.5) is 21.6 Å². The van der Waals surface area contributed by atoms with E-state index < -0.39 is 18.2 Å². The normalized spacial score (nSPS) is 17.2. The number of hydrogen-bond acceptors (Lipinski definition) is 6. The molecule has 0 fully saturated rings. The Labute approximate surface area is 188 Å². The van der Waals surface area contributed by atoms with E-state index in [1.807, 2.05) is 6.07 Å². The van der Waals surface area contributed by atoms with Crippen molar-refractivity contribution in [2.24, 2.45) is 4.99 Å². The molecule has 10 nitrogen and oxygen atoms in total. The van der Waals surface area contributed by atoms with Crippen LogP contribution in [0.1, 0.15) is 17.7 Å². The number of rotatable bonds is 6. The molecule has 0 amide bonds. The summed E-state index contributed by atoms with van der Waals surface area (Å²) >= 11 is 0. The minimum Gasteiger partial charge on any atom is -0.311 e. The number of fused-ring (bicyclic) bond motifs is 1. The summed E-state index contributed by atoms with van der Waals surface area (Å²) in [6.45, 7) is 1.89. The van der Waals surface area contributed by atoms with E-state index in [-0.39, 0.29) is 36.0 Å². The van der Waals surface area contributed by atoms with E-state index in [0.717, 1.165) is 0 Å². The van der Waals surface area contributed by atoms with Gasteiger partial charge in [0.05, 0.1) is 29.7 Å². The molecule has 168 valence electrons. The number of aryl methyl sites for hydroxylation is 2. The van der Waals surface area contributed by atoms with E-state index in [1.54, 1.807) is 20.0 Å². The Morgan fingerprint density at radius 2 is 1.94 bits per heavy atom. The van der Waals surface area contributed by atoms with Gasteiger partial charge in [0.25, 0.3) is 13.1 Å². The summed E-state index contributed by atoms with van der Waals surface area (Å²) < 4.78 is 31.1. The highest BCUT2D eigenvalue weighted by Crippen LogP contribution is 2.54. The van der Waals surface area contributed by atoms with Gasteiger partial charge >= 0.3 is 0 Å². The number of nitro benzene ring substituents is 1. The fraction of sp³-hybridized carbons (Fsp3) is 0.190. The van der Waals surface area contributed by atoms with Crippen LogP contribution < -0.4 is 10.4 Å². The number of amidine groups is 1. The van der Waals surface area contributed by atoms with Crippen molar-refractivity contribution in [3.05, 3.63) is 75.7 Å². The molecule has 2 heterocycles. The van der Waals surface area contributed by atoms with Gasteiger partial charge in [0, 0.05) is 18.7 Å². The molecule has 0 bridgehead atoms. The van der Waals surface area contributed by atoms with Crippen molar-refractivity contribution in [3.63, 3.8) is 0 Å². The predicted octanol–water partition coefficient (Wildman–Crippen LogP) is 4.11. The Bertz CT molecular complexity index is 1360. The minimum atomic E-state index is -3.78. The topological polar surface area (TPSA) is 129 Å². The van der Waals surface area contributed by atoms with Gasteiger partial charge in [-0.15, -0.1) is 0 Å². The lowest BCUT2D eigenvalue weighted by Crippen LogP contribution is -2.36. The third-order valence-electron chi connectivity index (χ3n) is 5.22. The summed E-state index contributed by atoms with van der Waals surface area (Å²) in [5, 5.41) is 28.2. The molecular formula is C21H19FN7O3P. The van der Waals surface area contributed by atoms with Gasteiger partial charge in [-0.25, -0.2) is 14.1 Å². The molecule has 0 radical (unpaired) electrons. The number of nitrogens with one attached hydrogen (secondary N) is 1. The molecule has 2 aromatic carbocycles. The Hall–Kier alpha value is -4.03. The molecule has 3 aromatic rings. The first-order chi connectivity index (χ1) is 15.8. The Morgan fingerprint density at radius 3 is 2.61 bits per heavy atom. The molecule has 33 heavy (non-hydrogen) atoms. The highest BCUT2D eigenvalue weighted by Gasteiger charge is 2.43. The number of para-hydroxylation sites is 2. The summed E-state index contributed by atoms with van der Waals surface area (Å²) in [6, 6.07) is 13.5. The van der Waals surface area contributed by atoms with Crippen molar-refractivity contribution in [1.82, 2.24) is 14.5 Å². The third-order valence-corrected chi connectivity index (χ3v) is 7.93. The summed E-state index contributed by atoms with van der Waals surface area (Å²) in [5.41, 5.74) is 0.766. The highest BCUT2D eigenvalue weighted by atomic mass is 31.2. The zero-order valence-electron chi connectivity index (χ0n) is 17.8. The molecule has 1 aliphatic rings. The Morgan fingerprint density at radius 1 is 1.24 bits per heavy atom. The molecule has 0 saturated heterocycles. The van der Waals surface area contributed by atoms with Crippen LogP contribution in [0.15, 0.2) is 53.5 Å². The first-order valence-electron chi connectivity index (χ1n) is 9.91. The molecule has 0 saturated carbocycles. The lowest BCUT2D eigenvalue weighted by molar-refractivity contribution is -0.383. The van der Waals surface area contributed by atoms with Crippen molar-refractivity contribution in [1.29, 1.82) is 5.26 Å². The second-order valence-electron chi connectivity index (χ2n) is 7.32. The highest BCUT2D eigenvalue weighted by molar-refractivity contribution is 7.72. The van der Waals surface area contributed by atoms with E-state index in [2.05, 4.69) is 15.2 Å². The molecule has 0 unspecified atom stereocenters. The fourth-order valence-electron chi connectivity index (χ4n) is 3.67. The number of anilines is 1. The maximum Gasteiger partial charge on any atom is 0.296 e. The van der Waals surface area contributed by atoms with Crippen molar-refractivity contribution in [3.8, 4) is 6.07 Å². The standard InChI is InChI=1S/C21H19FN7O3P/c1-14-19-21(28(25-14)13-5-12-23)24-20(15-8-10-16(22)11-9-15)27(2)33(19,32)26-17-6-3-4-7-18(17)29(30)31/h3-4,6-11H,5,13H2,1-2H3,(H,26,32)/t33-/m0/s1. The van der Waals surface area contributed by atoms with E-state index in [9.17, 15) is 19.1 Å². The van der Waals surface area contributed by atoms with Crippen molar-refractivity contribution < 1.29 is 13.9 Å². The lowest BCUT2D eigenvalue weighted by atomic mass is 10.2. The molecule has 12 heteroatoms. The van der Waals surface area contributed by atoms with E-state index in [1.165, 1.54) is 51.8 Å². The smallest absolute Gasteiger partial charge is 0.296 e. The quantitative estimate of drug-likeness (QED) is 0.328. The maximum absolute atomic E-state index is 14.6. The molecule has 1 N–H and O–H groups in total. The summed E-state index contributed by atoms with van der Waals surface area (Å²) in [7, 11) is -2.22. The van der Waals surface area contributed by atoms with Gasteiger partial charge in [-0.2, -0.15) is 10.4 Å². The number of benzene rings is 2. The zero-order chi connectivity index (χ0) is 23.8. The first kappa shape index (κ1) is 22.2. The number of nitrogens with zero attached hydrogens (tertiary/aromatic N) is 6. The van der Waals surface area contributed by atoms with Crippen LogP contribution in [-0.4, -0.2) is 32.3 Å². The Kier molecular flexibility index (Phi) is 5.70. The predicted molar refractivity (Wildman–Crippen MR) is 122 cm³/mol. The molecule has 1 aromatic heterocycles. The van der Waals surface area contributed by atoms with Crippen LogP contribution in [0, 0.1) is 34.2 Å². The molecule has 1 aliphatic heterocycles. The molecular weight excluding hydrogens is 448 g/mol. The van der Waals surface area contributed by atoms with Crippen LogP contribution in [0.5, 0.6) is 0 Å². The summed E-state index contributed by atoms with van der Waals surface area (Å²) in [5.74, 6) is 0.124. The second-order valence-corrected chi connectivity index (χ2v) is 9.74. The fourth-order valence-corrected chi connectivity index (χ4v) is 6.09. The van der Waals surface area contributed by atoms with Crippen molar-refractivity contribution >= 4 is 35.8 Å². The van der Waals surface area contributed by atoms with Crippen molar-refractivity contribution in [2.75, 3.05) is 12.1 Å². The van der Waals surface area contributed by atoms with Crippen LogP contribution in [0.25, 0.3) is 0 Å². The monoisotopic (exact) mass is 467 g/mol. The molecule has 4 rings (SSSR count). The van der Waals surface area contributed by atoms with Crippen LogP contribution in [0.2, 0.25) is 0 Å². The maximum atomic E-state index is 14.6. The average Bonchev–Trinajstić information content (AvgIpc) is 3.11. The number of aromatic nitrogens is 2. The van der Waals surface area contributed by atoms with Gasteiger partial charge < -0.3 is 5.09 Å². The summed E-state index contributed by atoms with van der Waals surface area (Å²) in [4.78, 5) is 15.7. The van der Waals surface area contributed by atoms with E-state index >= 15 is 0 Å². The Balaban J connectivity index is 1.93. The number of nitro groups is 1. The van der Waals surface area contributed by atoms with Gasteiger partial charge in [0.2, 0.25) is 0 Å². The number of aliphatic imine (C=N–C) groups is 1. The third kappa shape index (κ3) is 3.85. The van der Waals surface area contributed by atoms with E-state index in [4.69, 9.17) is 5.26 Å². The van der Waals surface area contributed by atoms with Gasteiger partial charge in [-0.3, -0.25) is 19.3 Å². The molecule has 0 aliphatic carbocycles. The van der Waals surface area contributed by atoms with Gasteiger partial charge in [-0.05, 0) is 37.3 Å². The first-order valence-corrected chi connectivity index (χ1v) is 11.6. The van der Waals surface area contributed by atoms with Crippen LogP contribution in [-0.2, 0) is 11.1 Å². The SMILES string of the molecule is Cc1nn(CCC#N)c2c1[P@](=O)(Nc1ccccc1[N+](=O)[O-])N(C)C(c1ccc(F)cc1)=N2. The van der Waals surface area contributed by atoms with Crippen molar-refractivity contribution in [2.45, 2.75) is 19.9 Å². The number of halogens is 1. The largest absolute Gasteiger partial charge is 0.311 e. The molecule has 0 spiro atoms. The second kappa shape index (κ2) is 8.48. The number of hydrogen-bond donors (Lipinski definition) is 1. The number of nitriles is 1. The van der Waals surface area contributed by atoms with Gasteiger partial charge in [0.15, 0.2) is 5.82 Å². The average molecular weight is 467 g/mol. The van der Waals surface area contributed by atoms with Crippen LogP contribution in [0.3, 0.4) is 0 Å². The summed E-state index contributed by atoms with van der Waals surface area (Å²) in [6.07, 6.45) is 0.159. The van der Waals surface area contributed by atoms with Crippen LogP contribution >= 0.6 is 7.44 Å². The van der Waals surface area contributed by atoms with E-state index in [0.29, 0.717) is 16.6 Å². The minimum absolute atomic E-state index is 0.0770. The van der Waals surface area contributed by atoms with Gasteiger partial charge in [-0.1, -0.05) is 12.1 Å². The molecule has 1 atom stereocenters.